The van der Waals surface area contributed by atoms with Gasteiger partial charge in [0, 0.05) is 31.2 Å². The Morgan fingerprint density at radius 3 is 2.60 bits per heavy atom. The average Bonchev–Trinajstić information content (AvgIpc) is 2.84. The Balaban J connectivity index is 2.22. The van der Waals surface area contributed by atoms with E-state index in [1.54, 1.807) is 11.6 Å². The zero-order valence-corrected chi connectivity index (χ0v) is 12.9. The maximum Gasteiger partial charge on any atom is 0.260 e. The van der Waals surface area contributed by atoms with Crippen LogP contribution in [-0.4, -0.2) is 29.7 Å². The van der Waals surface area contributed by atoms with Crippen molar-refractivity contribution in [2.45, 2.75) is 25.0 Å². The van der Waals surface area contributed by atoms with Crippen molar-refractivity contribution in [3.8, 4) is 0 Å². The summed E-state index contributed by atoms with van der Waals surface area (Å²) in [6, 6.07) is 3.15. The number of aromatic nitrogens is 2. The lowest BCUT2D eigenvalue weighted by Gasteiger charge is -2.16. The summed E-state index contributed by atoms with van der Waals surface area (Å²) in [6.45, 7) is 2.49. The molecule has 0 aliphatic heterocycles. The van der Waals surface area contributed by atoms with E-state index in [4.69, 9.17) is 5.73 Å². The normalized spacial score (nSPS) is 12.0. The minimum absolute atomic E-state index is 0.0272. The zero-order valence-electron chi connectivity index (χ0n) is 11.3. The van der Waals surface area contributed by atoms with Gasteiger partial charge in [-0.05, 0) is 18.6 Å². The van der Waals surface area contributed by atoms with Crippen LogP contribution in [-0.2, 0) is 23.1 Å². The molecule has 0 radical (unpaired) electrons. The maximum absolute atomic E-state index is 12.4. The van der Waals surface area contributed by atoms with Crippen LogP contribution in [0, 0.1) is 6.92 Å². The van der Waals surface area contributed by atoms with Gasteiger partial charge in [0.25, 0.3) is 10.0 Å². The van der Waals surface area contributed by atoms with Crippen molar-refractivity contribution in [3.05, 3.63) is 40.0 Å². The molecule has 8 heteroatoms. The fraction of sp³-hybridized carbons (Fsp3) is 0.333. The van der Waals surface area contributed by atoms with Gasteiger partial charge < -0.3 is 5.73 Å². The van der Waals surface area contributed by atoms with Crippen LogP contribution in [0.3, 0.4) is 0 Å². The lowest BCUT2D eigenvalue weighted by Crippen LogP contribution is -2.27. The standard InChI is InChI=1S/C12H16N4O2S2/c1-9-11(19-8-15-9)7-16(2)20(17,18)12-4-3-10(5-13)6-14-12/h3-4,6,8H,5,7,13H2,1-2H3. The molecular formula is C12H16N4O2S2. The first-order valence-electron chi connectivity index (χ1n) is 5.95. The molecule has 2 aromatic rings. The van der Waals surface area contributed by atoms with Crippen molar-refractivity contribution < 1.29 is 8.42 Å². The smallest absolute Gasteiger partial charge is 0.260 e. The van der Waals surface area contributed by atoms with Crippen LogP contribution in [0.2, 0.25) is 0 Å². The van der Waals surface area contributed by atoms with Crippen LogP contribution in [0.1, 0.15) is 16.1 Å². The topological polar surface area (TPSA) is 89.2 Å². The van der Waals surface area contributed by atoms with Gasteiger partial charge in [-0.1, -0.05) is 6.07 Å². The Kier molecular flexibility index (Phi) is 4.48. The van der Waals surface area contributed by atoms with Crippen LogP contribution in [0.4, 0.5) is 0 Å². The first kappa shape index (κ1) is 15.0. The number of rotatable bonds is 5. The molecule has 0 bridgehead atoms. The largest absolute Gasteiger partial charge is 0.326 e. The molecule has 0 saturated heterocycles. The van der Waals surface area contributed by atoms with E-state index in [0.29, 0.717) is 13.1 Å². The average molecular weight is 312 g/mol. The monoisotopic (exact) mass is 312 g/mol. The summed E-state index contributed by atoms with van der Waals surface area (Å²) < 4.78 is 26.0. The van der Waals surface area contributed by atoms with Crippen molar-refractivity contribution in [1.29, 1.82) is 0 Å². The predicted octanol–water partition coefficient (Wildman–Crippen LogP) is 1.13. The van der Waals surface area contributed by atoms with E-state index in [1.807, 2.05) is 6.92 Å². The molecule has 0 spiro atoms. The Morgan fingerprint density at radius 2 is 2.10 bits per heavy atom. The molecule has 2 N–H and O–H groups in total. The molecule has 0 aliphatic rings. The maximum atomic E-state index is 12.4. The third-order valence-electron chi connectivity index (χ3n) is 2.92. The Labute approximate surface area is 122 Å². The highest BCUT2D eigenvalue weighted by Crippen LogP contribution is 2.19. The zero-order chi connectivity index (χ0) is 14.8. The summed E-state index contributed by atoms with van der Waals surface area (Å²) >= 11 is 1.44. The third-order valence-corrected chi connectivity index (χ3v) is 5.56. The predicted molar refractivity (Wildman–Crippen MR) is 77.6 cm³/mol. The van der Waals surface area contributed by atoms with Gasteiger partial charge in [0.1, 0.15) is 0 Å². The summed E-state index contributed by atoms with van der Waals surface area (Å²) in [7, 11) is -2.06. The molecular weight excluding hydrogens is 296 g/mol. The summed E-state index contributed by atoms with van der Waals surface area (Å²) in [5.74, 6) is 0. The van der Waals surface area contributed by atoms with E-state index in [9.17, 15) is 8.42 Å². The number of nitrogens with zero attached hydrogens (tertiary/aromatic N) is 3. The minimum Gasteiger partial charge on any atom is -0.326 e. The van der Waals surface area contributed by atoms with Crippen LogP contribution in [0.25, 0.3) is 0 Å². The molecule has 20 heavy (non-hydrogen) atoms. The van der Waals surface area contributed by atoms with Gasteiger partial charge in [0.05, 0.1) is 11.2 Å². The van der Waals surface area contributed by atoms with Crippen molar-refractivity contribution in [2.24, 2.45) is 5.73 Å². The number of aryl methyl sites for hydroxylation is 1. The third kappa shape index (κ3) is 3.04. The van der Waals surface area contributed by atoms with Crippen molar-refractivity contribution >= 4 is 21.4 Å². The molecule has 0 saturated carbocycles. The molecule has 108 valence electrons. The van der Waals surface area contributed by atoms with Crippen LogP contribution in [0.15, 0.2) is 28.9 Å². The second-order valence-electron chi connectivity index (χ2n) is 4.33. The molecule has 0 unspecified atom stereocenters. The summed E-state index contributed by atoms with van der Waals surface area (Å²) in [6.07, 6.45) is 1.48. The molecule has 2 aromatic heterocycles. The van der Waals surface area contributed by atoms with E-state index >= 15 is 0 Å². The minimum atomic E-state index is -3.60. The highest BCUT2D eigenvalue weighted by Gasteiger charge is 2.23. The van der Waals surface area contributed by atoms with Crippen molar-refractivity contribution in [2.75, 3.05) is 7.05 Å². The number of thiazole rings is 1. The highest BCUT2D eigenvalue weighted by atomic mass is 32.2. The second-order valence-corrected chi connectivity index (χ2v) is 7.26. The Hall–Kier alpha value is -1.35. The van der Waals surface area contributed by atoms with E-state index < -0.39 is 10.0 Å². The molecule has 0 fully saturated rings. The van der Waals surface area contributed by atoms with Crippen LogP contribution in [0.5, 0.6) is 0 Å². The lowest BCUT2D eigenvalue weighted by molar-refractivity contribution is 0.465. The lowest BCUT2D eigenvalue weighted by atomic mass is 10.3. The molecule has 0 amide bonds. The van der Waals surface area contributed by atoms with Crippen LogP contribution >= 0.6 is 11.3 Å². The molecule has 2 rings (SSSR count). The van der Waals surface area contributed by atoms with E-state index in [1.165, 1.54) is 35.0 Å². The van der Waals surface area contributed by atoms with Gasteiger partial charge >= 0.3 is 0 Å². The number of hydrogen-bond acceptors (Lipinski definition) is 6. The Morgan fingerprint density at radius 1 is 1.35 bits per heavy atom. The summed E-state index contributed by atoms with van der Waals surface area (Å²) in [5, 5.41) is 0.0272. The number of nitrogens with two attached hydrogens (primary N) is 1. The van der Waals surface area contributed by atoms with E-state index in [-0.39, 0.29) is 5.03 Å². The Bertz CT molecular complexity index is 680. The number of hydrogen-bond donors (Lipinski definition) is 1. The van der Waals surface area contributed by atoms with Gasteiger partial charge in [-0.2, -0.15) is 4.31 Å². The van der Waals surface area contributed by atoms with Crippen molar-refractivity contribution in [3.63, 3.8) is 0 Å². The fourth-order valence-electron chi connectivity index (χ4n) is 1.61. The molecule has 0 aliphatic carbocycles. The fourth-order valence-corrected chi connectivity index (χ4v) is 3.56. The number of sulfonamides is 1. The van der Waals surface area contributed by atoms with Gasteiger partial charge in [-0.15, -0.1) is 11.3 Å². The van der Waals surface area contributed by atoms with Crippen LogP contribution < -0.4 is 5.73 Å². The molecule has 0 aromatic carbocycles. The number of pyridine rings is 1. The SMILES string of the molecule is Cc1ncsc1CN(C)S(=O)(=O)c1ccc(CN)cn1. The summed E-state index contributed by atoms with van der Waals surface area (Å²) in [5.41, 5.74) is 8.82. The summed E-state index contributed by atoms with van der Waals surface area (Å²) in [4.78, 5) is 9.01. The molecule has 2 heterocycles. The second kappa shape index (κ2) is 5.96. The van der Waals surface area contributed by atoms with Gasteiger partial charge in [-0.25, -0.2) is 18.4 Å². The van der Waals surface area contributed by atoms with Gasteiger partial charge in [0.15, 0.2) is 5.03 Å². The molecule has 0 atom stereocenters. The van der Waals surface area contributed by atoms with E-state index in [2.05, 4.69) is 9.97 Å². The molecule has 6 nitrogen and oxygen atoms in total. The first-order chi connectivity index (χ1) is 9.45. The van der Waals surface area contributed by atoms with E-state index in [0.717, 1.165) is 16.1 Å². The van der Waals surface area contributed by atoms with Gasteiger partial charge in [0.2, 0.25) is 0 Å². The first-order valence-corrected chi connectivity index (χ1v) is 8.27. The quantitative estimate of drug-likeness (QED) is 0.894. The van der Waals surface area contributed by atoms with Gasteiger partial charge in [-0.3, -0.25) is 0 Å². The highest BCUT2D eigenvalue weighted by molar-refractivity contribution is 7.89. The van der Waals surface area contributed by atoms with Crippen molar-refractivity contribution in [1.82, 2.24) is 14.3 Å².